The zero-order chi connectivity index (χ0) is 10.7. The first kappa shape index (κ1) is 9.51. The van der Waals surface area contributed by atoms with Crippen LogP contribution in [0.25, 0.3) is 0 Å². The molecule has 0 fully saturated rings. The van der Waals surface area contributed by atoms with Gasteiger partial charge in [0.05, 0.1) is 0 Å². The molecule has 0 bridgehead atoms. The Morgan fingerprint density at radius 2 is 2.13 bits per heavy atom. The highest BCUT2D eigenvalue weighted by Crippen LogP contribution is 2.07. The number of benzene rings is 1. The van der Waals surface area contributed by atoms with E-state index < -0.39 is 5.76 Å². The number of anilines is 1. The topological polar surface area (TPSA) is 62.1 Å². The number of aromatic amines is 1. The van der Waals surface area contributed by atoms with Crippen molar-refractivity contribution in [2.45, 2.75) is 6.54 Å². The molecule has 0 aliphatic rings. The summed E-state index contributed by atoms with van der Waals surface area (Å²) in [5, 5.41) is 3.59. The van der Waals surface area contributed by atoms with Crippen molar-refractivity contribution in [2.24, 2.45) is 0 Å². The van der Waals surface area contributed by atoms with E-state index in [1.54, 1.807) is 4.90 Å². The molecule has 2 aromatic rings. The van der Waals surface area contributed by atoms with Gasteiger partial charge in [0.2, 0.25) is 5.95 Å². The van der Waals surface area contributed by atoms with Gasteiger partial charge in [-0.2, -0.15) is 0 Å². The number of H-pyrrole nitrogens is 1. The predicted molar refractivity (Wildman–Crippen MR) is 55.7 cm³/mol. The van der Waals surface area contributed by atoms with Crippen molar-refractivity contribution in [2.75, 3.05) is 11.9 Å². The van der Waals surface area contributed by atoms with Crippen LogP contribution in [0.5, 0.6) is 0 Å². The van der Waals surface area contributed by atoms with Crippen molar-refractivity contribution in [3.05, 3.63) is 46.4 Å². The first-order chi connectivity index (χ1) is 7.25. The van der Waals surface area contributed by atoms with Gasteiger partial charge in [0, 0.05) is 13.6 Å². The summed E-state index contributed by atoms with van der Waals surface area (Å²) >= 11 is 0. The van der Waals surface area contributed by atoms with Crippen LogP contribution < -0.4 is 10.7 Å². The summed E-state index contributed by atoms with van der Waals surface area (Å²) in [6.45, 7) is 0.670. The summed E-state index contributed by atoms with van der Waals surface area (Å²) in [6.07, 6.45) is 0. The maximum absolute atomic E-state index is 10.7. The van der Waals surface area contributed by atoms with E-state index in [0.717, 1.165) is 5.56 Å². The fraction of sp³-hybridized carbons (Fsp3) is 0.200. The van der Waals surface area contributed by atoms with Crippen LogP contribution in [0.15, 0.2) is 39.6 Å². The fourth-order valence-electron chi connectivity index (χ4n) is 1.32. The van der Waals surface area contributed by atoms with E-state index in [1.807, 2.05) is 37.4 Å². The van der Waals surface area contributed by atoms with E-state index in [9.17, 15) is 4.79 Å². The van der Waals surface area contributed by atoms with E-state index >= 15 is 0 Å². The van der Waals surface area contributed by atoms with Crippen molar-refractivity contribution >= 4 is 5.95 Å². The molecule has 0 radical (unpaired) electrons. The summed E-state index contributed by atoms with van der Waals surface area (Å²) in [7, 11) is 1.83. The smallest absolute Gasteiger partial charge is 0.338 e. The molecule has 5 heteroatoms. The van der Waals surface area contributed by atoms with Gasteiger partial charge in [0.1, 0.15) is 0 Å². The molecule has 1 N–H and O–H groups in total. The number of rotatable bonds is 3. The minimum Gasteiger partial charge on any atom is -0.338 e. The molecule has 2 rings (SSSR count). The predicted octanol–water partition coefficient (Wildman–Crippen LogP) is 0.999. The summed E-state index contributed by atoms with van der Waals surface area (Å²) in [6, 6.07) is 9.91. The average molecular weight is 205 g/mol. The molecule has 0 aliphatic carbocycles. The third-order valence-electron chi connectivity index (χ3n) is 2.05. The van der Waals surface area contributed by atoms with Gasteiger partial charge in [-0.1, -0.05) is 30.3 Å². The normalized spacial score (nSPS) is 10.2. The molecule has 0 aliphatic heterocycles. The van der Waals surface area contributed by atoms with Crippen LogP contribution in [-0.4, -0.2) is 17.2 Å². The molecule has 1 aromatic heterocycles. The zero-order valence-corrected chi connectivity index (χ0v) is 8.30. The number of nitrogens with one attached hydrogen (secondary N) is 1. The largest absolute Gasteiger partial charge is 0.440 e. The third kappa shape index (κ3) is 2.25. The summed E-state index contributed by atoms with van der Waals surface area (Å²) in [5.41, 5.74) is 1.14. The Morgan fingerprint density at radius 3 is 2.73 bits per heavy atom. The highest BCUT2D eigenvalue weighted by atomic mass is 16.5. The standard InChI is InChI=1S/C10H11N3O2/c1-13(9-11-10(14)15-12-9)7-8-5-3-2-4-6-8/h2-6H,7H2,1H3,(H,11,12,14). The second-order valence-electron chi connectivity index (χ2n) is 3.26. The molecule has 0 unspecified atom stereocenters. The third-order valence-corrected chi connectivity index (χ3v) is 2.05. The Labute approximate surface area is 86.3 Å². The lowest BCUT2D eigenvalue weighted by atomic mass is 10.2. The summed E-state index contributed by atoms with van der Waals surface area (Å²) < 4.78 is 4.42. The van der Waals surface area contributed by atoms with Crippen LogP contribution in [0, 0.1) is 0 Å². The van der Waals surface area contributed by atoms with Crippen molar-refractivity contribution in [3.8, 4) is 0 Å². The van der Waals surface area contributed by atoms with Crippen molar-refractivity contribution < 1.29 is 4.52 Å². The Hall–Kier alpha value is -2.04. The first-order valence-electron chi connectivity index (χ1n) is 4.57. The van der Waals surface area contributed by atoms with Gasteiger partial charge < -0.3 is 4.90 Å². The first-order valence-corrected chi connectivity index (χ1v) is 4.57. The molecular weight excluding hydrogens is 194 g/mol. The number of nitrogens with zero attached hydrogens (tertiary/aromatic N) is 2. The van der Waals surface area contributed by atoms with Gasteiger partial charge in [-0.15, -0.1) is 0 Å². The molecule has 0 saturated heterocycles. The average Bonchev–Trinajstić information content (AvgIpc) is 2.66. The minimum atomic E-state index is -0.537. The Bertz CT molecular complexity index is 475. The maximum atomic E-state index is 10.7. The Kier molecular flexibility index (Phi) is 2.53. The van der Waals surface area contributed by atoms with Gasteiger partial charge >= 0.3 is 5.76 Å². The van der Waals surface area contributed by atoms with Crippen LogP contribution >= 0.6 is 0 Å². The SMILES string of the molecule is CN(Cc1ccccc1)c1noc(=O)[nH]1. The monoisotopic (exact) mass is 205 g/mol. The Morgan fingerprint density at radius 1 is 1.40 bits per heavy atom. The zero-order valence-electron chi connectivity index (χ0n) is 8.30. The summed E-state index contributed by atoms with van der Waals surface area (Å²) in [4.78, 5) is 15.0. The van der Waals surface area contributed by atoms with Crippen LogP contribution in [0.3, 0.4) is 0 Å². The molecular formula is C10H11N3O2. The van der Waals surface area contributed by atoms with E-state index in [0.29, 0.717) is 12.5 Å². The lowest BCUT2D eigenvalue weighted by Gasteiger charge is -2.13. The molecule has 0 saturated carbocycles. The van der Waals surface area contributed by atoms with Gasteiger partial charge in [-0.25, -0.2) is 4.79 Å². The molecule has 0 atom stereocenters. The van der Waals surface area contributed by atoms with Crippen LogP contribution in [-0.2, 0) is 6.54 Å². The van der Waals surface area contributed by atoms with Gasteiger partial charge in [-0.3, -0.25) is 9.51 Å². The van der Waals surface area contributed by atoms with Crippen LogP contribution in [0.1, 0.15) is 5.56 Å². The highest BCUT2D eigenvalue weighted by Gasteiger charge is 2.06. The molecule has 15 heavy (non-hydrogen) atoms. The van der Waals surface area contributed by atoms with E-state index in [4.69, 9.17) is 0 Å². The van der Waals surface area contributed by atoms with Crippen molar-refractivity contribution in [1.29, 1.82) is 0 Å². The van der Waals surface area contributed by atoms with E-state index in [-0.39, 0.29) is 0 Å². The van der Waals surface area contributed by atoms with Crippen LogP contribution in [0.2, 0.25) is 0 Å². The Balaban J connectivity index is 2.10. The molecule has 5 nitrogen and oxygen atoms in total. The van der Waals surface area contributed by atoms with Crippen molar-refractivity contribution in [1.82, 2.24) is 10.1 Å². The fourth-order valence-corrected chi connectivity index (χ4v) is 1.32. The van der Waals surface area contributed by atoms with Gasteiger partial charge in [0.15, 0.2) is 0 Å². The molecule has 0 spiro atoms. The maximum Gasteiger partial charge on any atom is 0.440 e. The molecule has 1 aromatic carbocycles. The second kappa shape index (κ2) is 4.00. The van der Waals surface area contributed by atoms with E-state index in [2.05, 4.69) is 14.7 Å². The van der Waals surface area contributed by atoms with Crippen LogP contribution in [0.4, 0.5) is 5.95 Å². The van der Waals surface area contributed by atoms with Crippen molar-refractivity contribution in [3.63, 3.8) is 0 Å². The number of hydrogen-bond acceptors (Lipinski definition) is 4. The number of aromatic nitrogens is 2. The van der Waals surface area contributed by atoms with Gasteiger partial charge in [0.25, 0.3) is 0 Å². The summed E-state index contributed by atoms with van der Waals surface area (Å²) in [5.74, 6) is -0.103. The quantitative estimate of drug-likeness (QED) is 0.812. The highest BCUT2D eigenvalue weighted by molar-refractivity contribution is 5.28. The number of hydrogen-bond donors (Lipinski definition) is 1. The molecule has 78 valence electrons. The van der Waals surface area contributed by atoms with E-state index in [1.165, 1.54) is 0 Å². The lowest BCUT2D eigenvalue weighted by molar-refractivity contribution is 0.386. The lowest BCUT2D eigenvalue weighted by Crippen LogP contribution is -2.18. The van der Waals surface area contributed by atoms with Gasteiger partial charge in [-0.05, 0) is 10.7 Å². The molecule has 1 heterocycles. The minimum absolute atomic E-state index is 0.434. The second-order valence-corrected chi connectivity index (χ2v) is 3.26. The molecule has 0 amide bonds.